The summed E-state index contributed by atoms with van der Waals surface area (Å²) >= 11 is 0. The Bertz CT molecular complexity index is 780. The minimum atomic E-state index is 0.456. The van der Waals surface area contributed by atoms with Crippen LogP contribution in [0.3, 0.4) is 0 Å². The standard InChI is InChI=1S/C17H19N5/c1-11-7-12(4-6-19-11)17-20-10-16-15(22-17)8-14(21-16)13-3-2-5-18-9-13/h2-3,5,8-12,19,21H,4,6-7H2,1H3. The number of aromatic nitrogens is 4. The van der Waals surface area contributed by atoms with Crippen LogP contribution < -0.4 is 5.32 Å². The molecule has 0 spiro atoms. The molecule has 5 nitrogen and oxygen atoms in total. The summed E-state index contributed by atoms with van der Waals surface area (Å²) in [7, 11) is 0. The molecule has 2 atom stereocenters. The molecule has 3 aromatic heterocycles. The fourth-order valence-electron chi connectivity index (χ4n) is 3.17. The molecule has 5 heteroatoms. The monoisotopic (exact) mass is 293 g/mol. The molecular weight excluding hydrogens is 274 g/mol. The Hall–Kier alpha value is -2.27. The summed E-state index contributed by atoms with van der Waals surface area (Å²) in [5.74, 6) is 1.43. The zero-order valence-corrected chi connectivity index (χ0v) is 12.6. The Kier molecular flexibility index (Phi) is 3.35. The Morgan fingerprint density at radius 2 is 2.23 bits per heavy atom. The highest BCUT2D eigenvalue weighted by Crippen LogP contribution is 2.27. The summed E-state index contributed by atoms with van der Waals surface area (Å²) in [4.78, 5) is 16.9. The van der Waals surface area contributed by atoms with Crippen LogP contribution in [0.15, 0.2) is 36.8 Å². The van der Waals surface area contributed by atoms with Crippen molar-refractivity contribution in [2.45, 2.75) is 31.7 Å². The van der Waals surface area contributed by atoms with Gasteiger partial charge in [-0.2, -0.15) is 0 Å². The normalized spacial score (nSPS) is 22.0. The maximum absolute atomic E-state index is 4.79. The van der Waals surface area contributed by atoms with Crippen LogP contribution in [-0.4, -0.2) is 32.5 Å². The Balaban J connectivity index is 1.69. The lowest BCUT2D eigenvalue weighted by Gasteiger charge is -2.26. The van der Waals surface area contributed by atoms with Gasteiger partial charge in [-0.15, -0.1) is 0 Å². The quantitative estimate of drug-likeness (QED) is 0.762. The van der Waals surface area contributed by atoms with Gasteiger partial charge in [0, 0.05) is 35.6 Å². The van der Waals surface area contributed by atoms with E-state index in [0.29, 0.717) is 12.0 Å². The third-order valence-corrected chi connectivity index (χ3v) is 4.35. The zero-order chi connectivity index (χ0) is 14.9. The lowest BCUT2D eigenvalue weighted by molar-refractivity contribution is 0.371. The van der Waals surface area contributed by atoms with Crippen molar-refractivity contribution in [1.82, 2.24) is 25.3 Å². The number of rotatable bonds is 2. The van der Waals surface area contributed by atoms with Gasteiger partial charge in [0.1, 0.15) is 5.82 Å². The fourth-order valence-corrected chi connectivity index (χ4v) is 3.17. The van der Waals surface area contributed by atoms with Crippen LogP contribution in [0, 0.1) is 0 Å². The molecule has 1 saturated heterocycles. The second-order valence-corrected chi connectivity index (χ2v) is 6.03. The molecule has 1 fully saturated rings. The highest BCUT2D eigenvalue weighted by molar-refractivity contribution is 5.81. The summed E-state index contributed by atoms with van der Waals surface area (Å²) in [5, 5.41) is 3.48. The van der Waals surface area contributed by atoms with E-state index in [1.165, 1.54) is 0 Å². The molecule has 0 amide bonds. The molecule has 22 heavy (non-hydrogen) atoms. The van der Waals surface area contributed by atoms with E-state index < -0.39 is 0 Å². The molecule has 2 unspecified atom stereocenters. The molecule has 0 bridgehead atoms. The van der Waals surface area contributed by atoms with Crippen molar-refractivity contribution in [3.63, 3.8) is 0 Å². The molecule has 0 saturated carbocycles. The van der Waals surface area contributed by atoms with Crippen LogP contribution in [0.2, 0.25) is 0 Å². The van der Waals surface area contributed by atoms with Gasteiger partial charge in [0.2, 0.25) is 0 Å². The number of nitrogens with one attached hydrogen (secondary N) is 2. The minimum absolute atomic E-state index is 0.456. The van der Waals surface area contributed by atoms with Gasteiger partial charge in [0.05, 0.1) is 17.2 Å². The molecule has 2 N–H and O–H groups in total. The van der Waals surface area contributed by atoms with Crippen LogP contribution in [0.4, 0.5) is 0 Å². The molecule has 3 aromatic rings. The second-order valence-electron chi connectivity index (χ2n) is 6.03. The first-order valence-corrected chi connectivity index (χ1v) is 7.79. The number of aromatic amines is 1. The minimum Gasteiger partial charge on any atom is -0.352 e. The van der Waals surface area contributed by atoms with E-state index in [-0.39, 0.29) is 0 Å². The van der Waals surface area contributed by atoms with Gasteiger partial charge in [-0.1, -0.05) is 0 Å². The van der Waals surface area contributed by atoms with Crippen LogP contribution in [-0.2, 0) is 0 Å². The van der Waals surface area contributed by atoms with Crippen LogP contribution in [0.25, 0.3) is 22.3 Å². The van der Waals surface area contributed by atoms with E-state index in [1.54, 1.807) is 6.20 Å². The van der Waals surface area contributed by atoms with Crippen LogP contribution >= 0.6 is 0 Å². The van der Waals surface area contributed by atoms with E-state index >= 15 is 0 Å². The first kappa shape index (κ1) is 13.4. The topological polar surface area (TPSA) is 66.5 Å². The number of hydrogen-bond acceptors (Lipinski definition) is 4. The Morgan fingerprint density at radius 3 is 3.05 bits per heavy atom. The average molecular weight is 293 g/mol. The van der Waals surface area contributed by atoms with E-state index in [9.17, 15) is 0 Å². The summed E-state index contributed by atoms with van der Waals surface area (Å²) in [6.45, 7) is 3.27. The molecule has 4 rings (SSSR count). The van der Waals surface area contributed by atoms with Gasteiger partial charge in [-0.05, 0) is 44.5 Å². The molecule has 112 valence electrons. The largest absolute Gasteiger partial charge is 0.352 e. The highest BCUT2D eigenvalue weighted by Gasteiger charge is 2.22. The third-order valence-electron chi connectivity index (χ3n) is 4.35. The van der Waals surface area contributed by atoms with Crippen molar-refractivity contribution >= 4 is 11.0 Å². The predicted octanol–water partition coefficient (Wildman–Crippen LogP) is 2.88. The second kappa shape index (κ2) is 5.50. The number of H-pyrrole nitrogens is 1. The van der Waals surface area contributed by atoms with E-state index in [0.717, 1.165) is 47.5 Å². The number of piperidine rings is 1. The van der Waals surface area contributed by atoms with Gasteiger partial charge in [-0.25, -0.2) is 9.97 Å². The summed E-state index contributed by atoms with van der Waals surface area (Å²) < 4.78 is 0. The van der Waals surface area contributed by atoms with Crippen molar-refractivity contribution in [1.29, 1.82) is 0 Å². The zero-order valence-electron chi connectivity index (χ0n) is 12.6. The van der Waals surface area contributed by atoms with Crippen LogP contribution in [0.1, 0.15) is 31.5 Å². The van der Waals surface area contributed by atoms with Crippen molar-refractivity contribution < 1.29 is 0 Å². The molecule has 1 aliphatic rings. The Morgan fingerprint density at radius 1 is 1.27 bits per heavy atom. The van der Waals surface area contributed by atoms with Gasteiger partial charge >= 0.3 is 0 Å². The fraction of sp³-hybridized carbons (Fsp3) is 0.353. The number of hydrogen-bond donors (Lipinski definition) is 2. The lowest BCUT2D eigenvalue weighted by atomic mass is 9.92. The maximum Gasteiger partial charge on any atom is 0.132 e. The van der Waals surface area contributed by atoms with Gasteiger partial charge in [-0.3, -0.25) is 4.98 Å². The molecule has 1 aliphatic heterocycles. The number of fused-ring (bicyclic) bond motifs is 1. The van der Waals surface area contributed by atoms with E-state index in [2.05, 4.69) is 33.3 Å². The average Bonchev–Trinajstić information content (AvgIpc) is 2.99. The SMILES string of the molecule is CC1CC(c2ncc3[nH]c(-c4cccnc4)cc3n2)CCN1. The van der Waals surface area contributed by atoms with Gasteiger partial charge < -0.3 is 10.3 Å². The third kappa shape index (κ3) is 2.48. The van der Waals surface area contributed by atoms with Crippen molar-refractivity contribution in [2.24, 2.45) is 0 Å². The lowest BCUT2D eigenvalue weighted by Crippen LogP contribution is -2.35. The summed E-state index contributed by atoms with van der Waals surface area (Å²) in [6.07, 6.45) is 7.75. The molecular formula is C17H19N5. The highest BCUT2D eigenvalue weighted by atomic mass is 15.0. The van der Waals surface area contributed by atoms with Crippen molar-refractivity contribution in [3.8, 4) is 11.3 Å². The molecule has 4 heterocycles. The first-order valence-electron chi connectivity index (χ1n) is 7.79. The van der Waals surface area contributed by atoms with E-state index in [1.807, 2.05) is 24.5 Å². The smallest absolute Gasteiger partial charge is 0.132 e. The van der Waals surface area contributed by atoms with Crippen molar-refractivity contribution in [2.75, 3.05) is 6.54 Å². The van der Waals surface area contributed by atoms with Crippen LogP contribution in [0.5, 0.6) is 0 Å². The maximum atomic E-state index is 4.79. The molecule has 0 aromatic carbocycles. The molecule has 0 aliphatic carbocycles. The van der Waals surface area contributed by atoms with E-state index in [4.69, 9.17) is 4.98 Å². The molecule has 0 radical (unpaired) electrons. The predicted molar refractivity (Wildman–Crippen MR) is 86.6 cm³/mol. The number of nitrogens with zero attached hydrogens (tertiary/aromatic N) is 3. The van der Waals surface area contributed by atoms with Gasteiger partial charge in [0.25, 0.3) is 0 Å². The van der Waals surface area contributed by atoms with Gasteiger partial charge in [0.15, 0.2) is 0 Å². The number of pyridine rings is 1. The van der Waals surface area contributed by atoms with Crippen molar-refractivity contribution in [3.05, 3.63) is 42.6 Å². The first-order chi connectivity index (χ1) is 10.8. The summed E-state index contributed by atoms with van der Waals surface area (Å²) in [6, 6.07) is 6.60. The Labute approximate surface area is 129 Å². The summed E-state index contributed by atoms with van der Waals surface area (Å²) in [5.41, 5.74) is 4.06.